The summed E-state index contributed by atoms with van der Waals surface area (Å²) in [5.41, 5.74) is 1.21. The van der Waals surface area contributed by atoms with E-state index in [9.17, 15) is 0 Å². The number of anilines is 3. The molecule has 1 aliphatic rings. The molecule has 1 N–H and O–H groups in total. The van der Waals surface area contributed by atoms with Crippen molar-refractivity contribution < 1.29 is 4.74 Å². The van der Waals surface area contributed by atoms with E-state index in [1.807, 2.05) is 24.4 Å². The van der Waals surface area contributed by atoms with Crippen LogP contribution < -0.4 is 19.9 Å². The summed E-state index contributed by atoms with van der Waals surface area (Å²) in [5.74, 6) is 2.55. The highest BCUT2D eigenvalue weighted by molar-refractivity contribution is 5.51. The predicted molar refractivity (Wildman–Crippen MR) is 103 cm³/mol. The number of aromatic nitrogens is 2. The smallest absolute Gasteiger partial charge is 0.227 e. The molecule has 6 nitrogen and oxygen atoms in total. The van der Waals surface area contributed by atoms with Gasteiger partial charge in [0, 0.05) is 43.6 Å². The second-order valence-corrected chi connectivity index (χ2v) is 7.29. The normalized spacial score (nSPS) is 15.2. The highest BCUT2D eigenvalue weighted by Crippen LogP contribution is 2.22. The largest absolute Gasteiger partial charge is 0.497 e. The number of rotatable bonds is 4. The van der Waals surface area contributed by atoms with Crippen molar-refractivity contribution in [3.05, 3.63) is 36.5 Å². The minimum Gasteiger partial charge on any atom is -0.497 e. The highest BCUT2D eigenvalue weighted by Gasteiger charge is 2.20. The SMILES string of the molecule is COc1ccc(N2CCN(c3nccc(NC(C)(C)C)n3)CC2)cc1. The van der Waals surface area contributed by atoms with E-state index < -0.39 is 0 Å². The number of ether oxygens (including phenoxy) is 1. The van der Waals surface area contributed by atoms with Gasteiger partial charge in [-0.2, -0.15) is 4.98 Å². The summed E-state index contributed by atoms with van der Waals surface area (Å²) >= 11 is 0. The molecule has 0 bridgehead atoms. The molecule has 1 aliphatic heterocycles. The van der Waals surface area contributed by atoms with E-state index in [1.54, 1.807) is 7.11 Å². The van der Waals surface area contributed by atoms with Crippen molar-refractivity contribution in [2.45, 2.75) is 26.3 Å². The fraction of sp³-hybridized carbons (Fsp3) is 0.474. The van der Waals surface area contributed by atoms with E-state index in [-0.39, 0.29) is 5.54 Å². The lowest BCUT2D eigenvalue weighted by molar-refractivity contribution is 0.415. The number of piperazine rings is 1. The maximum atomic E-state index is 5.23. The molecule has 0 unspecified atom stereocenters. The van der Waals surface area contributed by atoms with Crippen LogP contribution in [-0.4, -0.2) is 48.8 Å². The van der Waals surface area contributed by atoms with Crippen LogP contribution in [0.4, 0.5) is 17.5 Å². The Hall–Kier alpha value is -2.50. The van der Waals surface area contributed by atoms with E-state index in [0.717, 1.165) is 43.7 Å². The average Bonchev–Trinajstić information content (AvgIpc) is 2.61. The Morgan fingerprint density at radius 2 is 1.60 bits per heavy atom. The van der Waals surface area contributed by atoms with Crippen LogP contribution in [-0.2, 0) is 0 Å². The minimum atomic E-state index is -0.0152. The summed E-state index contributed by atoms with van der Waals surface area (Å²) in [6, 6.07) is 10.2. The molecule has 1 aromatic carbocycles. The third-order valence-electron chi connectivity index (χ3n) is 4.15. The molecule has 6 heteroatoms. The van der Waals surface area contributed by atoms with E-state index in [2.05, 4.69) is 58.0 Å². The lowest BCUT2D eigenvalue weighted by Crippen LogP contribution is -2.47. The minimum absolute atomic E-state index is 0.0152. The molecule has 134 valence electrons. The van der Waals surface area contributed by atoms with Gasteiger partial charge in [-0.15, -0.1) is 0 Å². The van der Waals surface area contributed by atoms with Gasteiger partial charge >= 0.3 is 0 Å². The van der Waals surface area contributed by atoms with Crippen LogP contribution in [0.25, 0.3) is 0 Å². The second kappa shape index (κ2) is 7.17. The Morgan fingerprint density at radius 3 is 2.20 bits per heavy atom. The third-order valence-corrected chi connectivity index (χ3v) is 4.15. The first-order chi connectivity index (χ1) is 11.9. The lowest BCUT2D eigenvalue weighted by Gasteiger charge is -2.36. The van der Waals surface area contributed by atoms with Crippen molar-refractivity contribution in [1.29, 1.82) is 0 Å². The van der Waals surface area contributed by atoms with E-state index in [4.69, 9.17) is 4.74 Å². The van der Waals surface area contributed by atoms with Crippen LogP contribution in [0.15, 0.2) is 36.5 Å². The van der Waals surface area contributed by atoms with Gasteiger partial charge in [-0.3, -0.25) is 0 Å². The molecule has 0 amide bonds. The Labute approximate surface area is 149 Å². The van der Waals surface area contributed by atoms with Crippen LogP contribution in [0.2, 0.25) is 0 Å². The first-order valence-corrected chi connectivity index (χ1v) is 8.70. The van der Waals surface area contributed by atoms with Gasteiger partial charge in [-0.05, 0) is 51.1 Å². The Balaban J connectivity index is 1.63. The summed E-state index contributed by atoms with van der Waals surface area (Å²) in [5, 5.41) is 3.41. The summed E-state index contributed by atoms with van der Waals surface area (Å²) in [4.78, 5) is 13.8. The molecule has 2 heterocycles. The van der Waals surface area contributed by atoms with Gasteiger partial charge in [-0.1, -0.05) is 0 Å². The lowest BCUT2D eigenvalue weighted by atomic mass is 10.1. The van der Waals surface area contributed by atoms with Crippen LogP contribution in [0.5, 0.6) is 5.75 Å². The summed E-state index contributed by atoms with van der Waals surface area (Å²) in [6.07, 6.45) is 1.83. The molecule has 1 saturated heterocycles. The zero-order chi connectivity index (χ0) is 17.9. The Morgan fingerprint density at radius 1 is 0.960 bits per heavy atom. The van der Waals surface area contributed by atoms with Crippen LogP contribution in [0.3, 0.4) is 0 Å². The molecule has 0 spiro atoms. The summed E-state index contributed by atoms with van der Waals surface area (Å²) in [6.45, 7) is 10.1. The van der Waals surface area contributed by atoms with Crippen LogP contribution in [0.1, 0.15) is 20.8 Å². The number of nitrogens with one attached hydrogen (secondary N) is 1. The van der Waals surface area contributed by atoms with Gasteiger partial charge in [0.15, 0.2) is 0 Å². The summed E-state index contributed by atoms with van der Waals surface area (Å²) < 4.78 is 5.23. The maximum Gasteiger partial charge on any atom is 0.227 e. The van der Waals surface area contributed by atoms with E-state index >= 15 is 0 Å². The molecule has 2 aromatic rings. The predicted octanol–water partition coefficient (Wildman–Crippen LogP) is 3.02. The van der Waals surface area contributed by atoms with Crippen LogP contribution in [0, 0.1) is 0 Å². The fourth-order valence-electron chi connectivity index (χ4n) is 2.91. The van der Waals surface area contributed by atoms with Crippen molar-refractivity contribution in [2.24, 2.45) is 0 Å². The monoisotopic (exact) mass is 341 g/mol. The molecule has 1 aromatic heterocycles. The number of benzene rings is 1. The molecule has 3 rings (SSSR count). The molecule has 0 aliphatic carbocycles. The van der Waals surface area contributed by atoms with Crippen molar-refractivity contribution in [3.63, 3.8) is 0 Å². The molecule has 0 atom stereocenters. The molecule has 0 saturated carbocycles. The van der Waals surface area contributed by atoms with Gasteiger partial charge in [-0.25, -0.2) is 4.98 Å². The number of hydrogen-bond acceptors (Lipinski definition) is 6. The van der Waals surface area contributed by atoms with Gasteiger partial charge in [0.2, 0.25) is 5.95 Å². The van der Waals surface area contributed by atoms with Crippen LogP contribution >= 0.6 is 0 Å². The van der Waals surface area contributed by atoms with Crippen molar-refractivity contribution in [2.75, 3.05) is 48.4 Å². The molecule has 25 heavy (non-hydrogen) atoms. The number of nitrogens with zero attached hydrogens (tertiary/aromatic N) is 4. The zero-order valence-electron chi connectivity index (χ0n) is 15.5. The van der Waals surface area contributed by atoms with E-state index in [1.165, 1.54) is 5.69 Å². The van der Waals surface area contributed by atoms with Gasteiger partial charge in [0.25, 0.3) is 0 Å². The maximum absolute atomic E-state index is 5.23. The molecule has 1 fully saturated rings. The standard InChI is InChI=1S/C19H27N5O/c1-19(2,3)22-17-9-10-20-18(21-17)24-13-11-23(12-14-24)15-5-7-16(25-4)8-6-15/h5-10H,11-14H2,1-4H3,(H,20,21,22). The fourth-order valence-corrected chi connectivity index (χ4v) is 2.91. The molecular weight excluding hydrogens is 314 g/mol. The second-order valence-electron chi connectivity index (χ2n) is 7.29. The molecular formula is C19H27N5O. The highest BCUT2D eigenvalue weighted by atomic mass is 16.5. The number of methoxy groups -OCH3 is 1. The zero-order valence-corrected chi connectivity index (χ0v) is 15.5. The van der Waals surface area contributed by atoms with Gasteiger partial charge < -0.3 is 19.9 Å². The topological polar surface area (TPSA) is 53.5 Å². The quantitative estimate of drug-likeness (QED) is 0.922. The Kier molecular flexibility index (Phi) is 4.97. The number of hydrogen-bond donors (Lipinski definition) is 1. The van der Waals surface area contributed by atoms with Crippen molar-refractivity contribution in [3.8, 4) is 5.75 Å². The Bertz CT molecular complexity index is 688. The van der Waals surface area contributed by atoms with Crippen molar-refractivity contribution >= 4 is 17.5 Å². The first kappa shape index (κ1) is 17.3. The van der Waals surface area contributed by atoms with Gasteiger partial charge in [0.05, 0.1) is 7.11 Å². The average molecular weight is 341 g/mol. The molecule has 0 radical (unpaired) electrons. The first-order valence-electron chi connectivity index (χ1n) is 8.70. The van der Waals surface area contributed by atoms with E-state index in [0.29, 0.717) is 0 Å². The van der Waals surface area contributed by atoms with Gasteiger partial charge in [0.1, 0.15) is 11.6 Å². The van der Waals surface area contributed by atoms with Crippen molar-refractivity contribution in [1.82, 2.24) is 9.97 Å². The third kappa shape index (κ3) is 4.53. The summed E-state index contributed by atoms with van der Waals surface area (Å²) in [7, 11) is 1.69.